The number of aliphatic hydroxyl groups excluding tert-OH is 1. The van der Waals surface area contributed by atoms with E-state index >= 15 is 0 Å². The molecule has 0 aromatic rings. The number of rotatable bonds is 2. The lowest BCUT2D eigenvalue weighted by Crippen LogP contribution is -2.42. The van der Waals surface area contributed by atoms with Crippen LogP contribution in [0, 0.1) is 11.8 Å². The molecule has 4 nitrogen and oxygen atoms in total. The molecule has 0 bridgehead atoms. The predicted molar refractivity (Wildman–Crippen MR) is 83.1 cm³/mol. The molecule has 0 radical (unpaired) electrons. The summed E-state index contributed by atoms with van der Waals surface area (Å²) in [6.45, 7) is 7.39. The van der Waals surface area contributed by atoms with Gasteiger partial charge in [0.25, 0.3) is 0 Å². The monoisotopic (exact) mass is 297 g/mol. The summed E-state index contributed by atoms with van der Waals surface area (Å²) in [5.41, 5.74) is -0.406. The first-order valence-corrected chi connectivity index (χ1v) is 8.49. The van der Waals surface area contributed by atoms with E-state index < -0.39 is 5.60 Å². The molecule has 1 N–H and O–H groups in total. The van der Waals surface area contributed by atoms with E-state index in [0.29, 0.717) is 0 Å². The van der Waals surface area contributed by atoms with Crippen LogP contribution in [0.25, 0.3) is 0 Å². The van der Waals surface area contributed by atoms with Gasteiger partial charge in [0.05, 0.1) is 6.10 Å². The van der Waals surface area contributed by atoms with Crippen molar-refractivity contribution < 1.29 is 14.6 Å². The number of piperidine rings is 1. The second-order valence-corrected chi connectivity index (χ2v) is 7.82. The molecule has 21 heavy (non-hydrogen) atoms. The Balaban J connectivity index is 1.69. The summed E-state index contributed by atoms with van der Waals surface area (Å²) in [5, 5.41) is 9.56. The minimum Gasteiger partial charge on any atom is -0.444 e. The zero-order valence-corrected chi connectivity index (χ0v) is 13.8. The van der Waals surface area contributed by atoms with Gasteiger partial charge in [-0.15, -0.1) is 0 Å². The Morgan fingerprint density at radius 1 is 1.05 bits per heavy atom. The minimum absolute atomic E-state index is 0.0599. The predicted octanol–water partition coefficient (Wildman–Crippen LogP) is 3.57. The third-order valence-corrected chi connectivity index (χ3v) is 4.75. The fourth-order valence-electron chi connectivity index (χ4n) is 3.53. The maximum Gasteiger partial charge on any atom is 0.410 e. The van der Waals surface area contributed by atoms with Crippen LogP contribution in [0.3, 0.4) is 0 Å². The van der Waals surface area contributed by atoms with Gasteiger partial charge in [-0.3, -0.25) is 0 Å². The molecule has 0 unspecified atom stereocenters. The highest BCUT2D eigenvalue weighted by atomic mass is 16.6. The van der Waals surface area contributed by atoms with E-state index in [2.05, 4.69) is 0 Å². The van der Waals surface area contributed by atoms with Gasteiger partial charge in [-0.2, -0.15) is 0 Å². The van der Waals surface area contributed by atoms with E-state index in [0.717, 1.165) is 50.6 Å². The molecule has 2 rings (SSSR count). The maximum atomic E-state index is 12.0. The van der Waals surface area contributed by atoms with Crippen molar-refractivity contribution in [3.63, 3.8) is 0 Å². The molecule has 0 spiro atoms. The van der Waals surface area contributed by atoms with Gasteiger partial charge in [0.1, 0.15) is 5.60 Å². The Hall–Kier alpha value is -0.770. The van der Waals surface area contributed by atoms with E-state index in [4.69, 9.17) is 4.74 Å². The quantitative estimate of drug-likeness (QED) is 0.847. The highest BCUT2D eigenvalue weighted by Gasteiger charge is 2.29. The number of hydrogen-bond donors (Lipinski definition) is 1. The van der Waals surface area contributed by atoms with Crippen LogP contribution in [0.5, 0.6) is 0 Å². The number of likely N-dealkylation sites (tertiary alicyclic amines) is 1. The van der Waals surface area contributed by atoms with E-state index in [1.54, 1.807) is 0 Å². The third-order valence-electron chi connectivity index (χ3n) is 4.75. The molecule has 1 aliphatic heterocycles. The van der Waals surface area contributed by atoms with Gasteiger partial charge in [0.15, 0.2) is 0 Å². The summed E-state index contributed by atoms with van der Waals surface area (Å²) in [6, 6.07) is 0. The zero-order chi connectivity index (χ0) is 15.5. The van der Waals surface area contributed by atoms with E-state index in [1.165, 1.54) is 19.3 Å². The van der Waals surface area contributed by atoms with Crippen molar-refractivity contribution in [1.82, 2.24) is 4.90 Å². The maximum absolute atomic E-state index is 12.0. The lowest BCUT2D eigenvalue weighted by Gasteiger charge is -2.35. The SMILES string of the molecule is CC(C)(C)OC(=O)N1CCC(CC2CCC(O)CC2)CC1. The molecule has 0 atom stereocenters. The van der Waals surface area contributed by atoms with Crippen molar-refractivity contribution in [1.29, 1.82) is 0 Å². The van der Waals surface area contributed by atoms with Crippen molar-refractivity contribution >= 4 is 6.09 Å². The summed E-state index contributed by atoms with van der Waals surface area (Å²) < 4.78 is 5.43. The Morgan fingerprint density at radius 3 is 2.10 bits per heavy atom. The first kappa shape index (κ1) is 16.6. The number of carbonyl (C=O) groups excluding carboxylic acids is 1. The molecule has 0 aromatic carbocycles. The number of carbonyl (C=O) groups is 1. The van der Waals surface area contributed by atoms with Gasteiger partial charge in [-0.1, -0.05) is 0 Å². The highest BCUT2D eigenvalue weighted by Crippen LogP contribution is 2.33. The van der Waals surface area contributed by atoms with Crippen LogP contribution >= 0.6 is 0 Å². The van der Waals surface area contributed by atoms with Gasteiger partial charge in [-0.05, 0) is 77.6 Å². The van der Waals surface area contributed by atoms with Gasteiger partial charge < -0.3 is 14.7 Å². The summed E-state index contributed by atoms with van der Waals surface area (Å²) in [5.74, 6) is 1.52. The van der Waals surface area contributed by atoms with Crippen LogP contribution in [-0.4, -0.2) is 40.9 Å². The first-order valence-electron chi connectivity index (χ1n) is 8.49. The molecular weight excluding hydrogens is 266 g/mol. The van der Waals surface area contributed by atoms with Gasteiger partial charge in [0, 0.05) is 13.1 Å². The average Bonchev–Trinajstić information content (AvgIpc) is 2.40. The van der Waals surface area contributed by atoms with Crippen LogP contribution in [0.2, 0.25) is 0 Å². The molecule has 122 valence electrons. The van der Waals surface area contributed by atoms with Crippen LogP contribution in [0.4, 0.5) is 4.79 Å². The van der Waals surface area contributed by atoms with Crippen LogP contribution in [-0.2, 0) is 4.74 Å². The highest BCUT2D eigenvalue weighted by molar-refractivity contribution is 5.68. The van der Waals surface area contributed by atoms with E-state index in [9.17, 15) is 9.90 Å². The molecule has 0 aromatic heterocycles. The molecule has 2 fully saturated rings. The Bertz CT molecular complexity index is 334. The zero-order valence-electron chi connectivity index (χ0n) is 13.8. The summed E-state index contributed by atoms with van der Waals surface area (Å²) in [6.07, 6.45) is 7.53. The number of ether oxygens (including phenoxy) is 1. The van der Waals surface area contributed by atoms with Crippen molar-refractivity contribution in [2.24, 2.45) is 11.8 Å². The largest absolute Gasteiger partial charge is 0.444 e. The topological polar surface area (TPSA) is 49.8 Å². The molecule has 4 heteroatoms. The average molecular weight is 297 g/mol. The van der Waals surface area contributed by atoms with Crippen molar-refractivity contribution in [3.05, 3.63) is 0 Å². The summed E-state index contributed by atoms with van der Waals surface area (Å²) in [7, 11) is 0. The summed E-state index contributed by atoms with van der Waals surface area (Å²) >= 11 is 0. The lowest BCUT2D eigenvalue weighted by atomic mass is 9.79. The third kappa shape index (κ3) is 5.50. The molecule has 2 aliphatic rings. The van der Waals surface area contributed by atoms with Crippen LogP contribution in [0.15, 0.2) is 0 Å². The number of nitrogens with zero attached hydrogens (tertiary/aromatic N) is 1. The lowest BCUT2D eigenvalue weighted by molar-refractivity contribution is 0.0167. The number of aliphatic hydroxyl groups is 1. The minimum atomic E-state index is -0.406. The Kier molecular flexibility index (Phi) is 5.53. The number of hydrogen-bond acceptors (Lipinski definition) is 3. The molecular formula is C17H31NO3. The van der Waals surface area contributed by atoms with Crippen molar-refractivity contribution in [3.8, 4) is 0 Å². The normalized spacial score (nSPS) is 28.5. The smallest absolute Gasteiger partial charge is 0.410 e. The van der Waals surface area contributed by atoms with E-state index in [-0.39, 0.29) is 12.2 Å². The molecule has 1 saturated heterocycles. The van der Waals surface area contributed by atoms with Gasteiger partial charge in [-0.25, -0.2) is 4.79 Å². The Morgan fingerprint density at radius 2 is 1.57 bits per heavy atom. The van der Waals surface area contributed by atoms with Gasteiger partial charge in [0.2, 0.25) is 0 Å². The van der Waals surface area contributed by atoms with Gasteiger partial charge >= 0.3 is 6.09 Å². The molecule has 1 heterocycles. The standard InChI is InChI=1S/C17H31NO3/c1-17(2,3)21-16(20)18-10-8-14(9-11-18)12-13-4-6-15(19)7-5-13/h13-15,19H,4-12H2,1-3H3. The number of amides is 1. The van der Waals surface area contributed by atoms with E-state index in [1.807, 2.05) is 25.7 Å². The molecule has 1 saturated carbocycles. The Labute approximate surface area is 128 Å². The fourth-order valence-corrected chi connectivity index (χ4v) is 3.53. The van der Waals surface area contributed by atoms with Crippen molar-refractivity contribution in [2.45, 2.75) is 77.4 Å². The van der Waals surface area contributed by atoms with Crippen LogP contribution in [0.1, 0.15) is 65.7 Å². The fraction of sp³-hybridized carbons (Fsp3) is 0.941. The summed E-state index contributed by atoms with van der Waals surface area (Å²) in [4.78, 5) is 13.9. The molecule has 1 amide bonds. The molecule has 1 aliphatic carbocycles. The second-order valence-electron chi connectivity index (χ2n) is 7.82. The second kappa shape index (κ2) is 6.99. The van der Waals surface area contributed by atoms with Crippen LogP contribution < -0.4 is 0 Å². The first-order chi connectivity index (χ1) is 9.83. The van der Waals surface area contributed by atoms with Crippen molar-refractivity contribution in [2.75, 3.05) is 13.1 Å².